The third-order valence-corrected chi connectivity index (χ3v) is 2.92. The molecule has 0 atom stereocenters. The third-order valence-electron chi connectivity index (χ3n) is 2.43. The first-order valence-corrected chi connectivity index (χ1v) is 6.29. The topological polar surface area (TPSA) is 39.1 Å². The summed E-state index contributed by atoms with van der Waals surface area (Å²) in [4.78, 5) is 0. The number of anilines is 1. The Morgan fingerprint density at radius 1 is 1.47 bits per heavy atom. The van der Waals surface area contributed by atoms with Crippen LogP contribution in [0.3, 0.4) is 0 Å². The van der Waals surface area contributed by atoms with Crippen molar-refractivity contribution in [3.05, 3.63) is 40.6 Å². The van der Waals surface area contributed by atoms with E-state index in [4.69, 9.17) is 0 Å². The van der Waals surface area contributed by atoms with Crippen LogP contribution in [0.5, 0.6) is 5.75 Å². The number of nitrogens with one attached hydrogen (secondary N) is 1. The van der Waals surface area contributed by atoms with Gasteiger partial charge in [-0.2, -0.15) is 13.9 Å². The van der Waals surface area contributed by atoms with Gasteiger partial charge in [-0.05, 0) is 18.2 Å². The molecule has 0 aliphatic carbocycles. The first-order valence-electron chi connectivity index (χ1n) is 5.50. The lowest BCUT2D eigenvalue weighted by Crippen LogP contribution is -2.07. The molecule has 0 fully saturated rings. The van der Waals surface area contributed by atoms with Crippen molar-refractivity contribution in [1.29, 1.82) is 0 Å². The predicted octanol–water partition coefficient (Wildman–Crippen LogP) is 3.40. The second kappa shape index (κ2) is 6.01. The van der Waals surface area contributed by atoms with Crippen LogP contribution in [0, 0.1) is 0 Å². The van der Waals surface area contributed by atoms with E-state index in [1.54, 1.807) is 36.3 Å². The van der Waals surface area contributed by atoms with E-state index < -0.39 is 6.61 Å². The molecule has 0 unspecified atom stereocenters. The van der Waals surface area contributed by atoms with Crippen molar-refractivity contribution in [2.45, 2.75) is 13.2 Å². The molecular weight excluding hydrogens is 320 g/mol. The van der Waals surface area contributed by atoms with Crippen molar-refractivity contribution < 1.29 is 13.5 Å². The Morgan fingerprint density at radius 2 is 2.26 bits per heavy atom. The number of aromatic nitrogens is 2. The Balaban J connectivity index is 2.11. The number of benzene rings is 1. The first-order chi connectivity index (χ1) is 9.04. The minimum Gasteiger partial charge on any atom is -0.434 e. The minimum atomic E-state index is -2.83. The molecule has 0 saturated carbocycles. The highest BCUT2D eigenvalue weighted by atomic mass is 79.9. The molecule has 2 aromatic rings. The lowest BCUT2D eigenvalue weighted by molar-refractivity contribution is -0.0504. The molecule has 1 heterocycles. The Kier molecular flexibility index (Phi) is 4.36. The van der Waals surface area contributed by atoms with Gasteiger partial charge < -0.3 is 10.1 Å². The summed E-state index contributed by atoms with van der Waals surface area (Å²) in [6, 6.07) is 4.91. The monoisotopic (exact) mass is 331 g/mol. The van der Waals surface area contributed by atoms with Gasteiger partial charge >= 0.3 is 6.61 Å². The fourth-order valence-electron chi connectivity index (χ4n) is 1.61. The van der Waals surface area contributed by atoms with Gasteiger partial charge in [-0.25, -0.2) is 0 Å². The van der Waals surface area contributed by atoms with Crippen molar-refractivity contribution in [2.75, 3.05) is 5.32 Å². The van der Waals surface area contributed by atoms with E-state index in [-0.39, 0.29) is 5.75 Å². The second-order valence-corrected chi connectivity index (χ2v) is 4.80. The smallest absolute Gasteiger partial charge is 0.387 e. The number of ether oxygens (including phenoxy) is 1. The van der Waals surface area contributed by atoms with Gasteiger partial charge in [-0.1, -0.05) is 15.9 Å². The number of aryl methyl sites for hydroxylation is 1. The van der Waals surface area contributed by atoms with E-state index in [2.05, 4.69) is 31.1 Å². The zero-order valence-electron chi connectivity index (χ0n) is 10.1. The van der Waals surface area contributed by atoms with Crippen molar-refractivity contribution in [3.63, 3.8) is 0 Å². The van der Waals surface area contributed by atoms with E-state index in [9.17, 15) is 8.78 Å². The normalized spacial score (nSPS) is 10.8. The van der Waals surface area contributed by atoms with Gasteiger partial charge in [0.1, 0.15) is 5.75 Å². The largest absolute Gasteiger partial charge is 0.434 e. The quantitative estimate of drug-likeness (QED) is 0.912. The summed E-state index contributed by atoms with van der Waals surface area (Å²) in [6.07, 6.45) is 3.46. The van der Waals surface area contributed by atoms with Crippen molar-refractivity contribution in [3.8, 4) is 5.75 Å². The molecule has 0 spiro atoms. The maximum absolute atomic E-state index is 12.3. The highest BCUT2D eigenvalue weighted by Gasteiger charge is 2.10. The summed E-state index contributed by atoms with van der Waals surface area (Å²) in [5, 5.41) is 7.10. The van der Waals surface area contributed by atoms with Crippen molar-refractivity contribution in [2.24, 2.45) is 7.05 Å². The molecule has 0 bridgehead atoms. The third kappa shape index (κ3) is 3.92. The zero-order valence-corrected chi connectivity index (χ0v) is 11.7. The maximum atomic E-state index is 12.3. The van der Waals surface area contributed by atoms with Crippen LogP contribution in [-0.2, 0) is 13.6 Å². The van der Waals surface area contributed by atoms with Crippen molar-refractivity contribution in [1.82, 2.24) is 9.78 Å². The van der Waals surface area contributed by atoms with Gasteiger partial charge in [-0.15, -0.1) is 0 Å². The summed E-state index contributed by atoms with van der Waals surface area (Å²) in [7, 11) is 1.80. The molecule has 2 rings (SSSR count). The van der Waals surface area contributed by atoms with Gasteiger partial charge in [0.2, 0.25) is 0 Å². The number of hydrogen-bond donors (Lipinski definition) is 1. The van der Waals surface area contributed by atoms with Crippen LogP contribution in [0.4, 0.5) is 14.5 Å². The summed E-state index contributed by atoms with van der Waals surface area (Å²) >= 11 is 3.31. The van der Waals surface area contributed by atoms with Crippen LogP contribution in [0.2, 0.25) is 0 Å². The minimum absolute atomic E-state index is 0.162. The Hall–Kier alpha value is -1.63. The number of halogens is 3. The van der Waals surface area contributed by atoms with Gasteiger partial charge in [0.15, 0.2) is 0 Å². The van der Waals surface area contributed by atoms with E-state index in [0.717, 1.165) is 10.2 Å². The molecular formula is C12H12BrF2N3O. The molecule has 0 radical (unpaired) electrons. The van der Waals surface area contributed by atoms with Gasteiger partial charge in [0.25, 0.3) is 0 Å². The average Bonchev–Trinajstić information content (AvgIpc) is 2.75. The molecule has 1 aromatic heterocycles. The van der Waals surface area contributed by atoms with Gasteiger partial charge in [0, 0.05) is 29.8 Å². The van der Waals surface area contributed by atoms with Crippen LogP contribution in [0.1, 0.15) is 5.56 Å². The lowest BCUT2D eigenvalue weighted by atomic mass is 10.2. The maximum Gasteiger partial charge on any atom is 0.387 e. The standard InChI is InChI=1S/C12H12BrF2N3O/c1-18-7-10(6-17-18)16-5-8-4-9(13)2-3-11(8)19-12(14)15/h2-4,6-7,12,16H,5H2,1H3. The fraction of sp³-hybridized carbons (Fsp3) is 0.250. The van der Waals surface area contributed by atoms with Crippen LogP contribution < -0.4 is 10.1 Å². The molecule has 0 amide bonds. The molecule has 0 aliphatic rings. The number of hydrogen-bond acceptors (Lipinski definition) is 3. The zero-order chi connectivity index (χ0) is 13.8. The van der Waals surface area contributed by atoms with Crippen LogP contribution >= 0.6 is 15.9 Å². The van der Waals surface area contributed by atoms with Crippen LogP contribution in [-0.4, -0.2) is 16.4 Å². The summed E-state index contributed by atoms with van der Waals surface area (Å²) in [6.45, 7) is -2.47. The molecule has 1 aromatic carbocycles. The lowest BCUT2D eigenvalue weighted by Gasteiger charge is -2.11. The van der Waals surface area contributed by atoms with Crippen LogP contribution in [0.15, 0.2) is 35.1 Å². The van der Waals surface area contributed by atoms with Gasteiger partial charge in [-0.3, -0.25) is 4.68 Å². The molecule has 0 aliphatic heterocycles. The molecule has 102 valence electrons. The number of nitrogens with zero attached hydrogens (tertiary/aromatic N) is 2. The SMILES string of the molecule is Cn1cc(NCc2cc(Br)ccc2OC(F)F)cn1. The molecule has 4 nitrogen and oxygen atoms in total. The number of rotatable bonds is 5. The van der Waals surface area contributed by atoms with E-state index in [1.807, 2.05) is 0 Å². The van der Waals surface area contributed by atoms with E-state index in [1.165, 1.54) is 6.07 Å². The predicted molar refractivity (Wildman–Crippen MR) is 71.3 cm³/mol. The Bertz CT molecular complexity index is 560. The van der Waals surface area contributed by atoms with Gasteiger partial charge in [0.05, 0.1) is 11.9 Å². The Labute approximate surface area is 117 Å². The highest BCUT2D eigenvalue weighted by Crippen LogP contribution is 2.25. The highest BCUT2D eigenvalue weighted by molar-refractivity contribution is 9.10. The Morgan fingerprint density at radius 3 is 2.89 bits per heavy atom. The molecule has 7 heteroatoms. The summed E-state index contributed by atoms with van der Waals surface area (Å²) < 4.78 is 31.5. The molecule has 0 saturated heterocycles. The van der Waals surface area contributed by atoms with E-state index in [0.29, 0.717) is 12.1 Å². The fourth-order valence-corrected chi connectivity index (χ4v) is 2.02. The average molecular weight is 332 g/mol. The molecule has 19 heavy (non-hydrogen) atoms. The second-order valence-electron chi connectivity index (χ2n) is 3.89. The summed E-state index contributed by atoms with van der Waals surface area (Å²) in [5.41, 5.74) is 1.45. The summed E-state index contributed by atoms with van der Waals surface area (Å²) in [5.74, 6) is 0.162. The molecule has 1 N–H and O–H groups in total. The van der Waals surface area contributed by atoms with Crippen LogP contribution in [0.25, 0.3) is 0 Å². The first kappa shape index (κ1) is 13.8. The van der Waals surface area contributed by atoms with Crippen molar-refractivity contribution >= 4 is 21.6 Å². The number of alkyl halides is 2. The van der Waals surface area contributed by atoms with E-state index >= 15 is 0 Å².